The Labute approximate surface area is 157 Å². The smallest absolute Gasteiger partial charge is 0.264 e. The molecule has 6 heteroatoms. The molecule has 4 rings (SSSR count). The predicted molar refractivity (Wildman–Crippen MR) is 103 cm³/mol. The van der Waals surface area contributed by atoms with E-state index in [4.69, 9.17) is 11.6 Å². The Morgan fingerprint density at radius 3 is 2.38 bits per heavy atom. The summed E-state index contributed by atoms with van der Waals surface area (Å²) >= 11 is 6.17. The van der Waals surface area contributed by atoms with Crippen LogP contribution in [0.3, 0.4) is 0 Å². The monoisotopic (exact) mass is 385 g/mol. The predicted octanol–water partition coefficient (Wildman–Crippen LogP) is 4.98. The maximum absolute atomic E-state index is 13.4. The summed E-state index contributed by atoms with van der Waals surface area (Å²) in [5, 5.41) is 10.0. The summed E-state index contributed by atoms with van der Waals surface area (Å²) in [5.74, 6) is 0.0215. The van der Waals surface area contributed by atoms with Gasteiger partial charge in [-0.2, -0.15) is 0 Å². The van der Waals surface area contributed by atoms with Gasteiger partial charge in [-0.15, -0.1) is 0 Å². The molecular formula is C20H16ClNO3S. The van der Waals surface area contributed by atoms with Gasteiger partial charge in [0, 0.05) is 10.6 Å². The third-order valence-electron chi connectivity index (χ3n) is 4.64. The summed E-state index contributed by atoms with van der Waals surface area (Å²) in [4.78, 5) is 0.127. The van der Waals surface area contributed by atoms with Crippen molar-refractivity contribution in [1.82, 2.24) is 0 Å². The van der Waals surface area contributed by atoms with Gasteiger partial charge in [-0.05, 0) is 60.5 Å². The molecule has 1 aliphatic heterocycles. The van der Waals surface area contributed by atoms with E-state index in [1.807, 2.05) is 43.3 Å². The molecule has 0 amide bonds. The average molecular weight is 386 g/mol. The quantitative estimate of drug-likeness (QED) is 0.676. The summed E-state index contributed by atoms with van der Waals surface area (Å²) < 4.78 is 28.2. The van der Waals surface area contributed by atoms with Gasteiger partial charge in [0.25, 0.3) is 10.0 Å². The van der Waals surface area contributed by atoms with Crippen LogP contribution in [0.25, 0.3) is 11.1 Å². The SMILES string of the molecule is CC1c2cc(Cl)ccc2-c2ccccc2N1S(=O)(=O)c1ccc(O)cc1. The number of benzene rings is 3. The fourth-order valence-electron chi connectivity index (χ4n) is 3.42. The van der Waals surface area contributed by atoms with Crippen molar-refractivity contribution in [1.29, 1.82) is 0 Å². The molecule has 0 radical (unpaired) electrons. The van der Waals surface area contributed by atoms with Crippen molar-refractivity contribution in [3.63, 3.8) is 0 Å². The molecule has 3 aromatic carbocycles. The number of fused-ring (bicyclic) bond motifs is 3. The van der Waals surface area contributed by atoms with Gasteiger partial charge in [-0.1, -0.05) is 35.9 Å². The van der Waals surface area contributed by atoms with Gasteiger partial charge < -0.3 is 5.11 Å². The zero-order valence-corrected chi connectivity index (χ0v) is 15.5. The number of aromatic hydroxyl groups is 1. The lowest BCUT2D eigenvalue weighted by atomic mass is 9.90. The summed E-state index contributed by atoms with van der Waals surface area (Å²) in [6.07, 6.45) is 0. The van der Waals surface area contributed by atoms with Gasteiger partial charge in [0.1, 0.15) is 5.75 Å². The Morgan fingerprint density at radius 1 is 0.962 bits per heavy atom. The Hall–Kier alpha value is -2.50. The van der Waals surface area contributed by atoms with E-state index in [0.717, 1.165) is 16.7 Å². The number of para-hydroxylation sites is 1. The molecule has 1 N–H and O–H groups in total. The number of halogens is 1. The lowest BCUT2D eigenvalue weighted by molar-refractivity contribution is 0.474. The molecule has 0 aromatic heterocycles. The van der Waals surface area contributed by atoms with Crippen molar-refractivity contribution in [3.8, 4) is 16.9 Å². The Morgan fingerprint density at radius 2 is 1.65 bits per heavy atom. The number of phenols is 1. The standard InChI is InChI=1S/C20H16ClNO3S/c1-13-19-12-14(21)6-11-17(19)18-4-2-3-5-20(18)22(13)26(24,25)16-9-7-15(23)8-10-16/h2-13,23H,1H3. The lowest BCUT2D eigenvalue weighted by Crippen LogP contribution is -2.36. The highest BCUT2D eigenvalue weighted by atomic mass is 35.5. The van der Waals surface area contributed by atoms with E-state index in [1.54, 1.807) is 6.07 Å². The van der Waals surface area contributed by atoms with Crippen LogP contribution in [0.4, 0.5) is 5.69 Å². The molecule has 1 heterocycles. The number of hydrogen-bond donors (Lipinski definition) is 1. The topological polar surface area (TPSA) is 57.6 Å². The molecule has 26 heavy (non-hydrogen) atoms. The maximum atomic E-state index is 13.4. The Kier molecular flexibility index (Phi) is 3.93. The number of anilines is 1. The first-order valence-corrected chi connectivity index (χ1v) is 9.94. The first-order valence-electron chi connectivity index (χ1n) is 8.12. The van der Waals surface area contributed by atoms with Crippen LogP contribution in [0.5, 0.6) is 5.75 Å². The molecule has 0 bridgehead atoms. The van der Waals surface area contributed by atoms with Crippen LogP contribution < -0.4 is 4.31 Å². The van der Waals surface area contributed by atoms with Crippen LogP contribution in [-0.4, -0.2) is 13.5 Å². The summed E-state index contributed by atoms with van der Waals surface area (Å²) in [5.41, 5.74) is 3.32. The van der Waals surface area contributed by atoms with Crippen LogP contribution in [0.2, 0.25) is 5.02 Å². The fraction of sp³-hybridized carbons (Fsp3) is 0.100. The molecule has 0 spiro atoms. The van der Waals surface area contributed by atoms with Gasteiger partial charge in [0.05, 0.1) is 16.6 Å². The molecule has 4 nitrogen and oxygen atoms in total. The van der Waals surface area contributed by atoms with Crippen LogP contribution in [0.1, 0.15) is 18.5 Å². The molecule has 0 fully saturated rings. The lowest BCUT2D eigenvalue weighted by Gasteiger charge is -2.37. The molecule has 132 valence electrons. The van der Waals surface area contributed by atoms with E-state index in [0.29, 0.717) is 10.7 Å². The normalized spacial score (nSPS) is 16.1. The first kappa shape index (κ1) is 16.9. The third kappa shape index (κ3) is 2.55. The van der Waals surface area contributed by atoms with Crippen LogP contribution in [-0.2, 0) is 10.0 Å². The number of sulfonamides is 1. The molecule has 1 aliphatic rings. The molecule has 1 atom stereocenters. The summed E-state index contributed by atoms with van der Waals surface area (Å²) in [7, 11) is -3.82. The van der Waals surface area contributed by atoms with E-state index < -0.39 is 16.1 Å². The van der Waals surface area contributed by atoms with Crippen molar-refractivity contribution in [2.24, 2.45) is 0 Å². The van der Waals surface area contributed by atoms with E-state index in [-0.39, 0.29) is 10.6 Å². The number of rotatable bonds is 2. The van der Waals surface area contributed by atoms with E-state index in [1.165, 1.54) is 28.6 Å². The highest BCUT2D eigenvalue weighted by molar-refractivity contribution is 7.92. The van der Waals surface area contributed by atoms with Crippen molar-refractivity contribution >= 4 is 27.3 Å². The zero-order valence-electron chi connectivity index (χ0n) is 13.9. The van der Waals surface area contributed by atoms with E-state index >= 15 is 0 Å². The minimum absolute atomic E-state index is 0.0215. The highest BCUT2D eigenvalue weighted by Crippen LogP contribution is 2.47. The average Bonchev–Trinajstić information content (AvgIpc) is 2.62. The minimum atomic E-state index is -3.82. The molecule has 0 aliphatic carbocycles. The second-order valence-corrected chi connectivity index (χ2v) is 8.47. The summed E-state index contributed by atoms with van der Waals surface area (Å²) in [6, 6.07) is 18.1. The van der Waals surface area contributed by atoms with E-state index in [9.17, 15) is 13.5 Å². The Bertz CT molecular complexity index is 1090. The maximum Gasteiger partial charge on any atom is 0.264 e. The van der Waals surface area contributed by atoms with Gasteiger partial charge in [-0.3, -0.25) is 4.31 Å². The number of nitrogens with zero attached hydrogens (tertiary/aromatic N) is 1. The van der Waals surface area contributed by atoms with Gasteiger partial charge in [0.15, 0.2) is 0 Å². The fourth-order valence-corrected chi connectivity index (χ4v) is 5.26. The van der Waals surface area contributed by atoms with Crippen molar-refractivity contribution in [3.05, 3.63) is 77.3 Å². The van der Waals surface area contributed by atoms with Gasteiger partial charge >= 0.3 is 0 Å². The second kappa shape index (κ2) is 6.04. The minimum Gasteiger partial charge on any atom is -0.508 e. The van der Waals surface area contributed by atoms with Crippen molar-refractivity contribution < 1.29 is 13.5 Å². The van der Waals surface area contributed by atoms with Gasteiger partial charge in [0.2, 0.25) is 0 Å². The van der Waals surface area contributed by atoms with Crippen molar-refractivity contribution in [2.45, 2.75) is 17.9 Å². The molecule has 3 aromatic rings. The zero-order chi connectivity index (χ0) is 18.5. The van der Waals surface area contributed by atoms with Crippen LogP contribution >= 0.6 is 11.6 Å². The molecule has 1 unspecified atom stereocenters. The third-order valence-corrected chi connectivity index (χ3v) is 6.77. The number of phenolic OH excluding ortho intramolecular Hbond substituents is 1. The molecular weight excluding hydrogens is 370 g/mol. The highest BCUT2D eigenvalue weighted by Gasteiger charge is 2.36. The molecule has 0 saturated heterocycles. The van der Waals surface area contributed by atoms with Gasteiger partial charge in [-0.25, -0.2) is 8.42 Å². The van der Waals surface area contributed by atoms with Crippen molar-refractivity contribution in [2.75, 3.05) is 4.31 Å². The number of hydrogen-bond acceptors (Lipinski definition) is 3. The largest absolute Gasteiger partial charge is 0.508 e. The summed E-state index contributed by atoms with van der Waals surface area (Å²) in [6.45, 7) is 1.85. The van der Waals surface area contributed by atoms with E-state index in [2.05, 4.69) is 0 Å². The molecule has 0 saturated carbocycles. The Balaban J connectivity index is 1.96. The second-order valence-electron chi connectivity index (χ2n) is 6.22. The first-order chi connectivity index (χ1) is 12.4. The van der Waals surface area contributed by atoms with Crippen LogP contribution in [0.15, 0.2) is 71.6 Å². The van der Waals surface area contributed by atoms with Crippen LogP contribution in [0, 0.1) is 0 Å².